The summed E-state index contributed by atoms with van der Waals surface area (Å²) in [4.78, 5) is 7.55. The van der Waals surface area contributed by atoms with E-state index in [0.717, 1.165) is 51.3 Å². The Kier molecular flexibility index (Phi) is 14.5. The number of aromatic nitrogens is 2. The summed E-state index contributed by atoms with van der Waals surface area (Å²) in [6.07, 6.45) is 23.5. The van der Waals surface area contributed by atoms with Crippen molar-refractivity contribution >= 4 is 11.0 Å². The van der Waals surface area contributed by atoms with Crippen LogP contribution in [0.15, 0.2) is 24.3 Å². The van der Waals surface area contributed by atoms with Crippen LogP contribution in [-0.4, -0.2) is 47.3 Å². The SMILES string of the molecule is CCCCCCCCCCCCCCCCCc1nc2ccccc2n1CCCN1CCOCC1. The third-order valence-electron chi connectivity index (χ3n) is 7.70. The fourth-order valence-corrected chi connectivity index (χ4v) is 5.50. The lowest BCUT2D eigenvalue weighted by molar-refractivity contribution is 0.0369. The molecule has 35 heavy (non-hydrogen) atoms. The van der Waals surface area contributed by atoms with Gasteiger partial charge in [-0.15, -0.1) is 0 Å². The Labute approximate surface area is 215 Å². The van der Waals surface area contributed by atoms with Crippen LogP contribution in [0.2, 0.25) is 0 Å². The molecule has 0 atom stereocenters. The lowest BCUT2D eigenvalue weighted by Gasteiger charge is -2.26. The van der Waals surface area contributed by atoms with E-state index >= 15 is 0 Å². The molecule has 1 saturated heterocycles. The fraction of sp³-hybridized carbons (Fsp3) is 0.774. The van der Waals surface area contributed by atoms with Gasteiger partial charge in [0.05, 0.1) is 24.2 Å². The van der Waals surface area contributed by atoms with Crippen molar-refractivity contribution in [3.05, 3.63) is 30.1 Å². The van der Waals surface area contributed by atoms with Crippen LogP contribution in [0.5, 0.6) is 0 Å². The Bertz CT molecular complexity index is 781. The molecule has 0 N–H and O–H groups in total. The van der Waals surface area contributed by atoms with Crippen LogP contribution in [0.3, 0.4) is 0 Å². The molecule has 3 rings (SSSR count). The van der Waals surface area contributed by atoms with Gasteiger partial charge in [0.25, 0.3) is 0 Å². The average Bonchev–Trinajstić information content (AvgIpc) is 3.24. The third-order valence-corrected chi connectivity index (χ3v) is 7.70. The summed E-state index contributed by atoms with van der Waals surface area (Å²) in [5, 5.41) is 0. The van der Waals surface area contributed by atoms with E-state index in [1.54, 1.807) is 0 Å². The number of para-hydroxylation sites is 2. The molecule has 0 bridgehead atoms. The number of rotatable bonds is 20. The normalized spacial score (nSPS) is 14.8. The van der Waals surface area contributed by atoms with E-state index in [0.29, 0.717) is 0 Å². The van der Waals surface area contributed by atoms with Gasteiger partial charge in [-0.3, -0.25) is 4.90 Å². The zero-order valence-electron chi connectivity index (χ0n) is 22.8. The molecule has 4 nitrogen and oxygen atoms in total. The smallest absolute Gasteiger partial charge is 0.109 e. The minimum Gasteiger partial charge on any atom is -0.379 e. The highest BCUT2D eigenvalue weighted by molar-refractivity contribution is 5.75. The second kappa shape index (κ2) is 17.9. The fourth-order valence-electron chi connectivity index (χ4n) is 5.50. The van der Waals surface area contributed by atoms with Crippen molar-refractivity contribution in [2.45, 2.75) is 123 Å². The maximum atomic E-state index is 5.49. The summed E-state index contributed by atoms with van der Waals surface area (Å²) < 4.78 is 7.99. The Hall–Kier alpha value is -1.39. The number of aryl methyl sites for hydroxylation is 2. The number of imidazole rings is 1. The number of unbranched alkanes of at least 4 members (excludes halogenated alkanes) is 14. The molecule has 2 aromatic rings. The molecule has 1 aromatic heterocycles. The number of ether oxygens (including phenoxy) is 1. The average molecular weight is 484 g/mol. The zero-order valence-corrected chi connectivity index (χ0v) is 22.8. The van der Waals surface area contributed by atoms with Crippen LogP contribution in [0.4, 0.5) is 0 Å². The molecule has 1 aliphatic rings. The highest BCUT2D eigenvalue weighted by Crippen LogP contribution is 2.19. The van der Waals surface area contributed by atoms with E-state index < -0.39 is 0 Å². The van der Waals surface area contributed by atoms with Gasteiger partial charge in [0, 0.05) is 32.6 Å². The number of morpholine rings is 1. The second-order valence-corrected chi connectivity index (χ2v) is 10.7. The van der Waals surface area contributed by atoms with Gasteiger partial charge >= 0.3 is 0 Å². The lowest BCUT2D eigenvalue weighted by atomic mass is 10.0. The predicted molar refractivity (Wildman–Crippen MR) is 150 cm³/mol. The first-order chi connectivity index (χ1) is 17.4. The Balaban J connectivity index is 1.25. The van der Waals surface area contributed by atoms with E-state index in [1.807, 2.05) is 0 Å². The minimum atomic E-state index is 0.887. The van der Waals surface area contributed by atoms with Crippen molar-refractivity contribution in [2.75, 3.05) is 32.8 Å². The van der Waals surface area contributed by atoms with Gasteiger partial charge in [0.15, 0.2) is 0 Å². The molecular weight excluding hydrogens is 430 g/mol. The maximum absolute atomic E-state index is 5.49. The lowest BCUT2D eigenvalue weighted by Crippen LogP contribution is -2.37. The van der Waals surface area contributed by atoms with Gasteiger partial charge in [0.2, 0.25) is 0 Å². The largest absolute Gasteiger partial charge is 0.379 e. The van der Waals surface area contributed by atoms with Gasteiger partial charge in [-0.25, -0.2) is 4.98 Å². The van der Waals surface area contributed by atoms with Gasteiger partial charge in [-0.1, -0.05) is 109 Å². The first-order valence-corrected chi connectivity index (χ1v) is 15.1. The second-order valence-electron chi connectivity index (χ2n) is 10.7. The molecule has 1 aromatic carbocycles. The van der Waals surface area contributed by atoms with Crippen molar-refractivity contribution < 1.29 is 4.74 Å². The standard InChI is InChI=1S/C31H53N3O/c1-2-3-4-5-6-7-8-9-10-11-12-13-14-15-16-22-31-32-29-20-17-18-21-30(29)34(31)24-19-23-33-25-27-35-28-26-33/h17-18,20-21H,2-16,19,22-28H2,1H3. The first-order valence-electron chi connectivity index (χ1n) is 15.1. The quantitative estimate of drug-likeness (QED) is 0.178. The van der Waals surface area contributed by atoms with Crippen LogP contribution in [0.1, 0.15) is 115 Å². The van der Waals surface area contributed by atoms with E-state index in [9.17, 15) is 0 Å². The molecule has 2 heterocycles. The zero-order chi connectivity index (χ0) is 24.4. The van der Waals surface area contributed by atoms with Gasteiger partial charge < -0.3 is 9.30 Å². The van der Waals surface area contributed by atoms with Crippen LogP contribution < -0.4 is 0 Å². The Morgan fingerprint density at radius 2 is 1.26 bits per heavy atom. The van der Waals surface area contributed by atoms with Gasteiger partial charge in [-0.05, 0) is 25.0 Å². The molecule has 0 saturated carbocycles. The summed E-state index contributed by atoms with van der Waals surface area (Å²) in [5.74, 6) is 1.29. The predicted octanol–water partition coefficient (Wildman–Crippen LogP) is 8.17. The molecule has 0 amide bonds. The molecule has 198 valence electrons. The van der Waals surface area contributed by atoms with Crippen molar-refractivity contribution in [3.63, 3.8) is 0 Å². The van der Waals surface area contributed by atoms with E-state index in [-0.39, 0.29) is 0 Å². The van der Waals surface area contributed by atoms with Crippen LogP contribution in [-0.2, 0) is 17.7 Å². The van der Waals surface area contributed by atoms with Crippen LogP contribution in [0.25, 0.3) is 11.0 Å². The summed E-state index contributed by atoms with van der Waals surface area (Å²) in [6, 6.07) is 8.68. The summed E-state index contributed by atoms with van der Waals surface area (Å²) >= 11 is 0. The summed E-state index contributed by atoms with van der Waals surface area (Å²) in [6.45, 7) is 8.47. The number of hydrogen-bond acceptors (Lipinski definition) is 3. The van der Waals surface area contributed by atoms with Gasteiger partial charge in [-0.2, -0.15) is 0 Å². The van der Waals surface area contributed by atoms with E-state index in [2.05, 4.69) is 40.7 Å². The molecule has 1 fully saturated rings. The van der Waals surface area contributed by atoms with Crippen molar-refractivity contribution in [1.29, 1.82) is 0 Å². The number of hydrogen-bond donors (Lipinski definition) is 0. The molecule has 0 unspecified atom stereocenters. The van der Waals surface area contributed by atoms with Crippen LogP contribution >= 0.6 is 0 Å². The maximum Gasteiger partial charge on any atom is 0.109 e. The Morgan fingerprint density at radius 3 is 1.89 bits per heavy atom. The van der Waals surface area contributed by atoms with Gasteiger partial charge in [0.1, 0.15) is 5.82 Å². The molecule has 1 aliphatic heterocycles. The van der Waals surface area contributed by atoms with Crippen molar-refractivity contribution in [1.82, 2.24) is 14.5 Å². The monoisotopic (exact) mass is 483 g/mol. The van der Waals surface area contributed by atoms with Crippen LogP contribution in [0, 0.1) is 0 Å². The number of benzene rings is 1. The third kappa shape index (κ3) is 11.0. The van der Waals surface area contributed by atoms with Crippen molar-refractivity contribution in [2.24, 2.45) is 0 Å². The minimum absolute atomic E-state index is 0.887. The summed E-state index contributed by atoms with van der Waals surface area (Å²) in [5.41, 5.74) is 2.47. The number of nitrogens with zero attached hydrogens (tertiary/aromatic N) is 3. The first kappa shape index (κ1) is 28.2. The van der Waals surface area contributed by atoms with E-state index in [4.69, 9.17) is 9.72 Å². The molecule has 0 aliphatic carbocycles. The molecular formula is C31H53N3O. The number of fused-ring (bicyclic) bond motifs is 1. The molecule has 0 radical (unpaired) electrons. The molecule has 4 heteroatoms. The highest BCUT2D eigenvalue weighted by Gasteiger charge is 2.13. The van der Waals surface area contributed by atoms with Crippen molar-refractivity contribution in [3.8, 4) is 0 Å². The Morgan fingerprint density at radius 1 is 0.686 bits per heavy atom. The highest BCUT2D eigenvalue weighted by atomic mass is 16.5. The summed E-state index contributed by atoms with van der Waals surface area (Å²) in [7, 11) is 0. The van der Waals surface area contributed by atoms with E-state index in [1.165, 1.54) is 114 Å². The molecule has 0 spiro atoms. The topological polar surface area (TPSA) is 30.3 Å².